The van der Waals surface area contributed by atoms with Crippen LogP contribution in [0.1, 0.15) is 48.0 Å². The highest BCUT2D eigenvalue weighted by Gasteiger charge is 2.34. The Morgan fingerprint density at radius 3 is 2.00 bits per heavy atom. The van der Waals surface area contributed by atoms with Crippen LogP contribution in [0.15, 0.2) is 12.1 Å². The summed E-state index contributed by atoms with van der Waals surface area (Å²) >= 11 is 0. The minimum Gasteiger partial charge on any atom is -0.294 e. The minimum atomic E-state index is -0.720. The normalized spacial score (nSPS) is 14.2. The molecule has 0 aliphatic heterocycles. The van der Waals surface area contributed by atoms with E-state index < -0.39 is 27.0 Å². The van der Waals surface area contributed by atoms with Gasteiger partial charge in [0.25, 0.3) is 11.4 Å². The lowest BCUT2D eigenvalue weighted by Crippen LogP contribution is -2.08. The van der Waals surface area contributed by atoms with Gasteiger partial charge in [-0.15, -0.1) is 0 Å². The molecule has 100 valence electrons. The summed E-state index contributed by atoms with van der Waals surface area (Å²) < 4.78 is 0. The van der Waals surface area contributed by atoms with Crippen molar-refractivity contribution in [2.24, 2.45) is 0 Å². The van der Waals surface area contributed by atoms with Crippen LogP contribution in [0.2, 0.25) is 0 Å². The molecule has 1 aliphatic rings. The summed E-state index contributed by atoms with van der Waals surface area (Å²) in [5.74, 6) is -0.441. The minimum absolute atomic E-state index is 0.00947. The van der Waals surface area contributed by atoms with Crippen LogP contribution in [-0.2, 0) is 0 Å². The molecule has 1 aromatic rings. The second kappa shape index (κ2) is 4.75. The van der Waals surface area contributed by atoms with Gasteiger partial charge in [-0.3, -0.25) is 25.0 Å². The van der Waals surface area contributed by atoms with Gasteiger partial charge in [0.2, 0.25) is 0 Å². The Labute approximate surface area is 108 Å². The summed E-state index contributed by atoms with van der Waals surface area (Å²) in [7, 11) is 0. The van der Waals surface area contributed by atoms with Crippen LogP contribution in [0, 0.1) is 20.2 Å². The Morgan fingerprint density at radius 1 is 1.21 bits per heavy atom. The third-order valence-electron chi connectivity index (χ3n) is 3.16. The average molecular weight is 264 g/mol. The average Bonchev–Trinajstić information content (AvgIpc) is 3.20. The van der Waals surface area contributed by atoms with Gasteiger partial charge in [0.1, 0.15) is 0 Å². The predicted octanol–water partition coefficient (Wildman–Crippen LogP) is 2.97. The van der Waals surface area contributed by atoms with E-state index in [2.05, 4.69) is 0 Å². The van der Waals surface area contributed by atoms with Crippen molar-refractivity contribution >= 4 is 17.2 Å². The maximum atomic E-state index is 11.8. The number of hydrogen-bond donors (Lipinski definition) is 0. The van der Waals surface area contributed by atoms with Crippen molar-refractivity contribution in [1.82, 2.24) is 0 Å². The third kappa shape index (κ3) is 2.44. The SMILES string of the molecule is CCC(=O)c1c([N+](=O)[O-])cc(C2CC2)cc1[N+](=O)[O-]. The lowest BCUT2D eigenvalue weighted by molar-refractivity contribution is -0.394. The van der Waals surface area contributed by atoms with Crippen molar-refractivity contribution in [3.05, 3.63) is 43.5 Å². The molecule has 1 aliphatic carbocycles. The first-order valence-corrected chi connectivity index (χ1v) is 5.95. The van der Waals surface area contributed by atoms with Crippen molar-refractivity contribution in [3.8, 4) is 0 Å². The van der Waals surface area contributed by atoms with Gasteiger partial charge in [-0.2, -0.15) is 0 Å². The molecule has 2 rings (SSSR count). The van der Waals surface area contributed by atoms with Gasteiger partial charge in [-0.05, 0) is 24.3 Å². The fourth-order valence-corrected chi connectivity index (χ4v) is 2.04. The van der Waals surface area contributed by atoms with Crippen LogP contribution in [-0.4, -0.2) is 15.6 Å². The summed E-state index contributed by atoms with van der Waals surface area (Å²) in [6.07, 6.45) is 1.73. The van der Waals surface area contributed by atoms with E-state index in [0.717, 1.165) is 12.8 Å². The summed E-state index contributed by atoms with van der Waals surface area (Å²) in [5, 5.41) is 22.1. The lowest BCUT2D eigenvalue weighted by Gasteiger charge is -2.05. The molecule has 7 nitrogen and oxygen atoms in total. The van der Waals surface area contributed by atoms with Gasteiger partial charge in [-0.25, -0.2) is 0 Å². The maximum absolute atomic E-state index is 11.8. The number of ketones is 1. The summed E-state index contributed by atoms with van der Waals surface area (Å²) in [6, 6.07) is 2.60. The zero-order valence-corrected chi connectivity index (χ0v) is 10.3. The molecule has 1 saturated carbocycles. The van der Waals surface area contributed by atoms with Gasteiger partial charge >= 0.3 is 0 Å². The van der Waals surface area contributed by atoms with Crippen LogP contribution in [0.3, 0.4) is 0 Å². The van der Waals surface area contributed by atoms with Gasteiger partial charge in [0.15, 0.2) is 11.3 Å². The Kier molecular flexibility index (Phi) is 3.28. The second-order valence-corrected chi connectivity index (χ2v) is 4.50. The first kappa shape index (κ1) is 13.1. The van der Waals surface area contributed by atoms with E-state index in [1.165, 1.54) is 19.1 Å². The first-order valence-electron chi connectivity index (χ1n) is 5.95. The monoisotopic (exact) mass is 264 g/mol. The molecule has 0 bridgehead atoms. The molecule has 1 fully saturated rings. The molecule has 0 aromatic heterocycles. The highest BCUT2D eigenvalue weighted by atomic mass is 16.6. The molecule has 0 heterocycles. The van der Waals surface area contributed by atoms with E-state index in [-0.39, 0.29) is 17.9 Å². The number of nitro benzene ring substituents is 2. The Morgan fingerprint density at radius 2 is 1.68 bits per heavy atom. The number of carbonyl (C=O) groups is 1. The zero-order valence-electron chi connectivity index (χ0n) is 10.3. The molecule has 7 heteroatoms. The second-order valence-electron chi connectivity index (χ2n) is 4.50. The summed E-state index contributed by atoms with van der Waals surface area (Å²) in [4.78, 5) is 32.4. The van der Waals surface area contributed by atoms with E-state index in [9.17, 15) is 25.0 Å². The molecular weight excluding hydrogens is 252 g/mol. The smallest absolute Gasteiger partial charge is 0.287 e. The number of hydrogen-bond acceptors (Lipinski definition) is 5. The molecule has 0 spiro atoms. The molecule has 0 saturated heterocycles. The number of rotatable bonds is 5. The van der Waals surface area contributed by atoms with E-state index in [1.54, 1.807) is 0 Å². The number of Topliss-reactive ketones (excluding diaryl/α,β-unsaturated/α-hetero) is 1. The first-order chi connectivity index (χ1) is 8.95. The molecule has 19 heavy (non-hydrogen) atoms. The Hall–Kier alpha value is -2.31. The van der Waals surface area contributed by atoms with Gasteiger partial charge in [0, 0.05) is 18.6 Å². The quantitative estimate of drug-likeness (QED) is 0.462. The van der Waals surface area contributed by atoms with Crippen LogP contribution >= 0.6 is 0 Å². The summed E-state index contributed by atoms with van der Waals surface area (Å²) in [6.45, 7) is 1.52. The van der Waals surface area contributed by atoms with E-state index in [1.807, 2.05) is 0 Å². The van der Waals surface area contributed by atoms with Crippen molar-refractivity contribution in [3.63, 3.8) is 0 Å². The number of nitrogens with zero attached hydrogens (tertiary/aromatic N) is 2. The number of nitro groups is 2. The van der Waals surface area contributed by atoms with Gasteiger partial charge in [-0.1, -0.05) is 6.92 Å². The maximum Gasteiger partial charge on any atom is 0.287 e. The lowest BCUT2D eigenvalue weighted by atomic mass is 9.99. The molecule has 0 unspecified atom stereocenters. The van der Waals surface area contributed by atoms with Gasteiger partial charge in [0.05, 0.1) is 9.85 Å². The van der Waals surface area contributed by atoms with Crippen molar-refractivity contribution in [2.75, 3.05) is 0 Å². The Bertz CT molecular complexity index is 542. The van der Waals surface area contributed by atoms with Crippen LogP contribution in [0.25, 0.3) is 0 Å². The largest absolute Gasteiger partial charge is 0.294 e. The van der Waals surface area contributed by atoms with Crippen LogP contribution < -0.4 is 0 Å². The third-order valence-corrected chi connectivity index (χ3v) is 3.16. The van der Waals surface area contributed by atoms with Crippen LogP contribution in [0.5, 0.6) is 0 Å². The zero-order chi connectivity index (χ0) is 14.2. The summed E-state index contributed by atoms with van der Waals surface area (Å²) in [5.41, 5.74) is -0.723. The fraction of sp³-hybridized carbons (Fsp3) is 0.417. The molecule has 0 amide bonds. The highest BCUT2D eigenvalue weighted by Crippen LogP contribution is 2.44. The van der Waals surface area contributed by atoms with Crippen molar-refractivity contribution in [2.45, 2.75) is 32.1 Å². The molecule has 0 N–H and O–H groups in total. The van der Waals surface area contributed by atoms with Crippen molar-refractivity contribution < 1.29 is 14.6 Å². The fourth-order valence-electron chi connectivity index (χ4n) is 2.04. The highest BCUT2D eigenvalue weighted by molar-refractivity contribution is 6.03. The number of benzene rings is 1. The van der Waals surface area contributed by atoms with E-state index in [0.29, 0.717) is 5.56 Å². The molecule has 0 atom stereocenters. The molecular formula is C12H12N2O5. The van der Waals surface area contributed by atoms with Crippen molar-refractivity contribution in [1.29, 1.82) is 0 Å². The van der Waals surface area contributed by atoms with Crippen LogP contribution in [0.4, 0.5) is 11.4 Å². The van der Waals surface area contributed by atoms with Gasteiger partial charge < -0.3 is 0 Å². The standard InChI is InChI=1S/C12H12N2O5/c1-2-11(15)12-9(13(16)17)5-8(7-3-4-7)6-10(12)14(18)19/h5-7H,2-4H2,1H3. The van der Waals surface area contributed by atoms with E-state index >= 15 is 0 Å². The Balaban J connectivity index is 2.69. The molecule has 1 aromatic carbocycles. The topological polar surface area (TPSA) is 103 Å². The predicted molar refractivity (Wildman–Crippen MR) is 66.3 cm³/mol. The van der Waals surface area contributed by atoms with E-state index in [4.69, 9.17) is 0 Å². The number of carbonyl (C=O) groups excluding carboxylic acids is 1. The molecule has 0 radical (unpaired) electrons.